The maximum Gasteiger partial charge on any atom is 0.267 e. The SMILES string of the molecule is O=C1NCCC2=C1NCCC=C2. The number of carbonyl (C=O) groups is 1. The molecule has 3 heteroatoms. The normalized spacial score (nSPS) is 22.5. The first kappa shape index (κ1) is 7.40. The van der Waals surface area contributed by atoms with Crippen molar-refractivity contribution in [2.24, 2.45) is 0 Å². The lowest BCUT2D eigenvalue weighted by atomic mass is 10.1. The number of amides is 1. The fourth-order valence-electron chi connectivity index (χ4n) is 1.54. The molecule has 2 rings (SSSR count). The monoisotopic (exact) mass is 164 g/mol. The predicted octanol–water partition coefficient (Wildman–Crippen LogP) is 0.310. The molecule has 2 aliphatic heterocycles. The van der Waals surface area contributed by atoms with Gasteiger partial charge in [-0.2, -0.15) is 0 Å². The van der Waals surface area contributed by atoms with E-state index in [-0.39, 0.29) is 5.91 Å². The molecule has 0 aromatic heterocycles. The number of rotatable bonds is 0. The van der Waals surface area contributed by atoms with Gasteiger partial charge in [0.1, 0.15) is 5.70 Å². The van der Waals surface area contributed by atoms with Crippen LogP contribution in [-0.4, -0.2) is 19.0 Å². The van der Waals surface area contributed by atoms with E-state index in [1.54, 1.807) is 0 Å². The quantitative estimate of drug-likeness (QED) is 0.541. The highest BCUT2D eigenvalue weighted by atomic mass is 16.2. The summed E-state index contributed by atoms with van der Waals surface area (Å²) in [4.78, 5) is 11.3. The van der Waals surface area contributed by atoms with Gasteiger partial charge < -0.3 is 10.6 Å². The first-order valence-electron chi connectivity index (χ1n) is 4.30. The molecule has 0 radical (unpaired) electrons. The molecule has 0 aliphatic carbocycles. The van der Waals surface area contributed by atoms with E-state index in [0.29, 0.717) is 0 Å². The van der Waals surface area contributed by atoms with Gasteiger partial charge in [-0.15, -0.1) is 0 Å². The summed E-state index contributed by atoms with van der Waals surface area (Å²) >= 11 is 0. The van der Waals surface area contributed by atoms with Crippen molar-refractivity contribution < 1.29 is 4.79 Å². The van der Waals surface area contributed by atoms with Crippen LogP contribution in [0.5, 0.6) is 0 Å². The highest BCUT2D eigenvalue weighted by Crippen LogP contribution is 2.15. The van der Waals surface area contributed by atoms with Gasteiger partial charge >= 0.3 is 0 Å². The molecular formula is C9H12N2O. The zero-order valence-corrected chi connectivity index (χ0v) is 6.89. The minimum Gasteiger partial charge on any atom is -0.380 e. The highest BCUT2D eigenvalue weighted by Gasteiger charge is 2.18. The Bertz CT molecular complexity index is 266. The Kier molecular flexibility index (Phi) is 1.86. The molecule has 0 saturated heterocycles. The molecule has 0 bridgehead atoms. The molecule has 12 heavy (non-hydrogen) atoms. The molecule has 2 heterocycles. The van der Waals surface area contributed by atoms with Gasteiger partial charge in [0.2, 0.25) is 0 Å². The van der Waals surface area contributed by atoms with Crippen LogP contribution in [0.4, 0.5) is 0 Å². The maximum atomic E-state index is 11.3. The summed E-state index contributed by atoms with van der Waals surface area (Å²) in [5, 5.41) is 5.95. The predicted molar refractivity (Wildman–Crippen MR) is 46.4 cm³/mol. The Morgan fingerprint density at radius 3 is 3.08 bits per heavy atom. The third kappa shape index (κ3) is 1.22. The molecular weight excluding hydrogens is 152 g/mol. The number of nitrogens with one attached hydrogen (secondary N) is 2. The molecule has 2 N–H and O–H groups in total. The Labute approximate surface area is 71.5 Å². The van der Waals surface area contributed by atoms with Gasteiger partial charge in [0, 0.05) is 13.1 Å². The summed E-state index contributed by atoms with van der Waals surface area (Å²) in [7, 11) is 0. The van der Waals surface area contributed by atoms with Gasteiger partial charge in [-0.05, 0) is 18.4 Å². The second kappa shape index (κ2) is 3.01. The van der Waals surface area contributed by atoms with Crippen LogP contribution in [0.3, 0.4) is 0 Å². The van der Waals surface area contributed by atoms with Crippen LogP contribution in [0, 0.1) is 0 Å². The first-order chi connectivity index (χ1) is 5.88. The van der Waals surface area contributed by atoms with Crippen molar-refractivity contribution in [2.75, 3.05) is 13.1 Å². The topological polar surface area (TPSA) is 41.1 Å². The molecule has 0 atom stereocenters. The van der Waals surface area contributed by atoms with Crippen LogP contribution in [0.1, 0.15) is 12.8 Å². The summed E-state index contributed by atoms with van der Waals surface area (Å²) in [6.07, 6.45) is 6.13. The zero-order valence-electron chi connectivity index (χ0n) is 6.89. The van der Waals surface area contributed by atoms with Gasteiger partial charge in [0.05, 0.1) is 0 Å². The second-order valence-electron chi connectivity index (χ2n) is 3.02. The lowest BCUT2D eigenvalue weighted by Crippen LogP contribution is -2.37. The Balaban J connectivity index is 2.32. The lowest BCUT2D eigenvalue weighted by molar-refractivity contribution is -0.118. The molecule has 0 aromatic rings. The number of hydrogen-bond donors (Lipinski definition) is 2. The standard InChI is InChI=1S/C9H12N2O/c12-9-8-7(4-6-11-9)3-1-2-5-10-8/h1,3,10H,2,4-6H2,(H,11,12). The van der Waals surface area contributed by atoms with Crippen molar-refractivity contribution in [2.45, 2.75) is 12.8 Å². The Morgan fingerprint density at radius 1 is 1.25 bits per heavy atom. The van der Waals surface area contributed by atoms with Gasteiger partial charge in [-0.25, -0.2) is 0 Å². The van der Waals surface area contributed by atoms with Crippen molar-refractivity contribution in [3.05, 3.63) is 23.4 Å². The molecule has 0 aromatic carbocycles. The maximum absolute atomic E-state index is 11.3. The molecule has 0 unspecified atom stereocenters. The van der Waals surface area contributed by atoms with Crippen molar-refractivity contribution in [1.29, 1.82) is 0 Å². The van der Waals surface area contributed by atoms with Crippen molar-refractivity contribution in [3.63, 3.8) is 0 Å². The van der Waals surface area contributed by atoms with Gasteiger partial charge in [-0.1, -0.05) is 12.2 Å². The van der Waals surface area contributed by atoms with E-state index >= 15 is 0 Å². The number of hydrogen-bond acceptors (Lipinski definition) is 2. The van der Waals surface area contributed by atoms with E-state index in [1.807, 2.05) is 0 Å². The van der Waals surface area contributed by atoms with E-state index in [9.17, 15) is 4.79 Å². The summed E-state index contributed by atoms with van der Waals surface area (Å²) < 4.78 is 0. The third-order valence-electron chi connectivity index (χ3n) is 2.16. The Morgan fingerprint density at radius 2 is 2.17 bits per heavy atom. The van der Waals surface area contributed by atoms with Gasteiger partial charge in [-0.3, -0.25) is 4.79 Å². The van der Waals surface area contributed by atoms with Crippen LogP contribution in [0.15, 0.2) is 23.4 Å². The zero-order chi connectivity index (χ0) is 8.39. The largest absolute Gasteiger partial charge is 0.380 e. The van der Waals surface area contributed by atoms with E-state index in [4.69, 9.17) is 0 Å². The number of allylic oxidation sites excluding steroid dienone is 1. The molecule has 2 aliphatic rings. The second-order valence-corrected chi connectivity index (χ2v) is 3.02. The van der Waals surface area contributed by atoms with Crippen molar-refractivity contribution >= 4 is 5.91 Å². The molecule has 1 amide bonds. The third-order valence-corrected chi connectivity index (χ3v) is 2.16. The Hall–Kier alpha value is -1.25. The summed E-state index contributed by atoms with van der Waals surface area (Å²) in [6.45, 7) is 1.63. The van der Waals surface area contributed by atoms with Crippen LogP contribution in [-0.2, 0) is 4.79 Å². The minimum atomic E-state index is 0.0443. The van der Waals surface area contributed by atoms with Crippen LogP contribution in [0.2, 0.25) is 0 Å². The van der Waals surface area contributed by atoms with E-state index in [1.165, 1.54) is 0 Å². The summed E-state index contributed by atoms with van der Waals surface area (Å²) in [6, 6.07) is 0. The van der Waals surface area contributed by atoms with Crippen LogP contribution >= 0.6 is 0 Å². The fourth-order valence-corrected chi connectivity index (χ4v) is 1.54. The average Bonchev–Trinajstić information content (AvgIpc) is 2.30. The fraction of sp³-hybridized carbons (Fsp3) is 0.444. The average molecular weight is 164 g/mol. The van der Waals surface area contributed by atoms with Gasteiger partial charge in [0.25, 0.3) is 5.91 Å². The molecule has 64 valence electrons. The minimum absolute atomic E-state index is 0.0443. The molecule has 0 spiro atoms. The smallest absolute Gasteiger partial charge is 0.267 e. The van der Waals surface area contributed by atoms with Crippen molar-refractivity contribution in [1.82, 2.24) is 10.6 Å². The van der Waals surface area contributed by atoms with E-state index in [2.05, 4.69) is 22.8 Å². The molecule has 0 saturated carbocycles. The van der Waals surface area contributed by atoms with Crippen LogP contribution < -0.4 is 10.6 Å². The molecule has 0 fully saturated rings. The van der Waals surface area contributed by atoms with E-state index < -0.39 is 0 Å². The summed E-state index contributed by atoms with van der Waals surface area (Å²) in [5.74, 6) is 0.0443. The van der Waals surface area contributed by atoms with Gasteiger partial charge in [0.15, 0.2) is 0 Å². The summed E-state index contributed by atoms with van der Waals surface area (Å²) in [5.41, 5.74) is 1.92. The lowest BCUT2D eigenvalue weighted by Gasteiger charge is -2.18. The van der Waals surface area contributed by atoms with Crippen LogP contribution in [0.25, 0.3) is 0 Å². The van der Waals surface area contributed by atoms with E-state index in [0.717, 1.165) is 37.2 Å². The molecule has 3 nitrogen and oxygen atoms in total. The highest BCUT2D eigenvalue weighted by molar-refractivity contribution is 5.95. The van der Waals surface area contributed by atoms with Crippen molar-refractivity contribution in [3.8, 4) is 0 Å². The first-order valence-corrected chi connectivity index (χ1v) is 4.30. The number of carbonyl (C=O) groups excluding carboxylic acids is 1.